The lowest BCUT2D eigenvalue weighted by Crippen LogP contribution is -2.48. The summed E-state index contributed by atoms with van der Waals surface area (Å²) >= 11 is 0. The fourth-order valence-corrected chi connectivity index (χ4v) is 2.48. The Balaban J connectivity index is 2.69. The average Bonchev–Trinajstić information content (AvgIpc) is 2.69. The molecule has 0 fully saturated rings. The van der Waals surface area contributed by atoms with Crippen molar-refractivity contribution in [3.63, 3.8) is 0 Å². The molecule has 0 saturated heterocycles. The lowest BCUT2D eigenvalue weighted by molar-refractivity contribution is -0.139. The van der Waals surface area contributed by atoms with Crippen LogP contribution in [-0.2, 0) is 14.3 Å². The second-order valence-electron chi connectivity index (χ2n) is 7.90. The van der Waals surface area contributed by atoms with Crippen LogP contribution in [-0.4, -0.2) is 30.4 Å². The largest absolute Gasteiger partial charge is 0.449 e. The van der Waals surface area contributed by atoms with Gasteiger partial charge in [0.05, 0.1) is 12.6 Å². The number of amides is 2. The average molecular weight is 391 g/mol. The van der Waals surface area contributed by atoms with E-state index in [9.17, 15) is 14.4 Å². The summed E-state index contributed by atoms with van der Waals surface area (Å²) in [6.07, 6.45) is 2.16. The molecular formula is C22H34N2O4. The van der Waals surface area contributed by atoms with E-state index in [0.29, 0.717) is 6.42 Å². The fraction of sp³-hybridized carbons (Fsp3) is 0.591. The number of nitrogens with one attached hydrogen (secondary N) is 2. The summed E-state index contributed by atoms with van der Waals surface area (Å²) in [4.78, 5) is 37.2. The van der Waals surface area contributed by atoms with Crippen molar-refractivity contribution in [3.8, 4) is 0 Å². The maximum Gasteiger partial charge on any atom is 0.407 e. The molecule has 1 aromatic carbocycles. The number of alkyl carbamates (subject to hydrolysis) is 1. The van der Waals surface area contributed by atoms with Gasteiger partial charge in [0.25, 0.3) is 5.91 Å². The van der Waals surface area contributed by atoms with Gasteiger partial charge in [-0.2, -0.15) is 0 Å². The molecule has 2 amide bonds. The number of ether oxygens (including phenoxy) is 1. The van der Waals surface area contributed by atoms with E-state index in [2.05, 4.69) is 10.6 Å². The summed E-state index contributed by atoms with van der Waals surface area (Å²) < 4.78 is 5.25. The van der Waals surface area contributed by atoms with Crippen LogP contribution >= 0.6 is 0 Å². The minimum Gasteiger partial charge on any atom is -0.449 e. The smallest absolute Gasteiger partial charge is 0.407 e. The maximum absolute atomic E-state index is 12.6. The zero-order valence-corrected chi connectivity index (χ0v) is 17.7. The van der Waals surface area contributed by atoms with Crippen LogP contribution in [0.2, 0.25) is 0 Å². The summed E-state index contributed by atoms with van der Waals surface area (Å²) in [6.45, 7) is 10.1. The molecule has 0 aliphatic heterocycles. The van der Waals surface area contributed by atoms with E-state index in [1.54, 1.807) is 0 Å². The Kier molecular flexibility index (Phi) is 9.69. The number of carbonyl (C=O) groups excluding carboxylic acids is 3. The van der Waals surface area contributed by atoms with Crippen molar-refractivity contribution in [1.82, 2.24) is 10.6 Å². The van der Waals surface area contributed by atoms with Gasteiger partial charge in [0.15, 0.2) is 0 Å². The predicted molar refractivity (Wildman–Crippen MR) is 110 cm³/mol. The van der Waals surface area contributed by atoms with Gasteiger partial charge in [0.1, 0.15) is 6.04 Å². The highest BCUT2D eigenvalue weighted by Crippen LogP contribution is 2.19. The number of carbonyl (C=O) groups is 3. The highest BCUT2D eigenvalue weighted by atomic mass is 16.5. The number of hydrogen-bond donors (Lipinski definition) is 2. The van der Waals surface area contributed by atoms with Gasteiger partial charge >= 0.3 is 6.09 Å². The lowest BCUT2D eigenvalue weighted by Gasteiger charge is -2.23. The first-order valence-electron chi connectivity index (χ1n) is 10.0. The second-order valence-corrected chi connectivity index (χ2v) is 7.90. The standard InChI is InChI=1S/C22H34N2O4/c1-6-8-14-18(24-21(27)28-15-22(4,5)7-2)19(25)20(26)23-16(3)17-12-10-9-11-13-17/h9-13,16,18H,6-8,14-15H2,1-5H3,(H,23,26)(H,24,27)/t16-,18+/m1/s1. The zero-order chi connectivity index (χ0) is 21.2. The van der Waals surface area contributed by atoms with E-state index in [1.807, 2.05) is 65.0 Å². The Morgan fingerprint density at radius 3 is 2.29 bits per heavy atom. The lowest BCUT2D eigenvalue weighted by atomic mass is 9.92. The van der Waals surface area contributed by atoms with Gasteiger partial charge in [0.2, 0.25) is 5.78 Å². The topological polar surface area (TPSA) is 84.5 Å². The Hall–Kier alpha value is -2.37. The molecule has 2 atom stereocenters. The number of Topliss-reactive ketones (excluding diaryl/α,β-unsaturated/α-hetero) is 1. The zero-order valence-electron chi connectivity index (χ0n) is 17.7. The molecule has 2 N–H and O–H groups in total. The summed E-state index contributed by atoms with van der Waals surface area (Å²) in [6, 6.07) is 8.21. The SMILES string of the molecule is CCCC[C@H](NC(=O)OCC(C)(C)CC)C(=O)C(=O)N[C@H](C)c1ccccc1. The van der Waals surface area contributed by atoms with Crippen LogP contribution < -0.4 is 10.6 Å². The van der Waals surface area contributed by atoms with Crippen LogP contribution in [0, 0.1) is 5.41 Å². The molecule has 1 aromatic rings. The molecule has 6 nitrogen and oxygen atoms in total. The normalized spacial score (nSPS) is 13.3. The Bertz CT molecular complexity index is 643. The van der Waals surface area contributed by atoms with Gasteiger partial charge in [-0.3, -0.25) is 9.59 Å². The monoisotopic (exact) mass is 390 g/mol. The molecule has 0 aliphatic rings. The van der Waals surface area contributed by atoms with Crippen LogP contribution in [0.5, 0.6) is 0 Å². The minimum atomic E-state index is -0.889. The number of benzene rings is 1. The third kappa shape index (κ3) is 8.11. The molecule has 156 valence electrons. The third-order valence-corrected chi connectivity index (χ3v) is 4.88. The molecular weight excluding hydrogens is 356 g/mol. The first kappa shape index (κ1) is 23.7. The molecule has 0 aromatic heterocycles. The molecule has 0 heterocycles. The van der Waals surface area contributed by atoms with Gasteiger partial charge in [-0.15, -0.1) is 0 Å². The van der Waals surface area contributed by atoms with Crippen LogP contribution in [0.15, 0.2) is 30.3 Å². The Morgan fingerprint density at radius 2 is 1.71 bits per heavy atom. The summed E-state index contributed by atoms with van der Waals surface area (Å²) in [5.74, 6) is -1.35. The van der Waals surface area contributed by atoms with Crippen molar-refractivity contribution in [2.75, 3.05) is 6.61 Å². The number of ketones is 1. The molecule has 1 rings (SSSR count). The first-order valence-corrected chi connectivity index (χ1v) is 10.0. The Labute approximate surface area is 168 Å². The number of hydrogen-bond acceptors (Lipinski definition) is 4. The van der Waals surface area contributed by atoms with Crippen LogP contribution in [0.1, 0.15) is 71.9 Å². The maximum atomic E-state index is 12.6. The highest BCUT2D eigenvalue weighted by molar-refractivity contribution is 6.38. The van der Waals surface area contributed by atoms with Crippen molar-refractivity contribution in [2.24, 2.45) is 5.41 Å². The van der Waals surface area contributed by atoms with Gasteiger partial charge in [0, 0.05) is 0 Å². The van der Waals surface area contributed by atoms with Crippen molar-refractivity contribution in [2.45, 2.75) is 72.4 Å². The van der Waals surface area contributed by atoms with Gasteiger partial charge in [-0.1, -0.05) is 70.9 Å². The summed E-state index contributed by atoms with van der Waals surface area (Å²) in [5.41, 5.74) is 0.769. The first-order chi connectivity index (χ1) is 13.2. The quantitative estimate of drug-likeness (QED) is 0.556. The van der Waals surface area contributed by atoms with E-state index in [-0.39, 0.29) is 18.1 Å². The molecule has 0 saturated carbocycles. The van der Waals surface area contributed by atoms with Crippen LogP contribution in [0.25, 0.3) is 0 Å². The molecule has 0 aliphatic carbocycles. The van der Waals surface area contributed by atoms with Crippen LogP contribution in [0.4, 0.5) is 4.79 Å². The molecule has 0 unspecified atom stereocenters. The van der Waals surface area contributed by atoms with E-state index >= 15 is 0 Å². The molecule has 6 heteroatoms. The van der Waals surface area contributed by atoms with E-state index in [0.717, 1.165) is 24.8 Å². The van der Waals surface area contributed by atoms with Crippen molar-refractivity contribution in [3.05, 3.63) is 35.9 Å². The summed E-state index contributed by atoms with van der Waals surface area (Å²) in [5, 5.41) is 5.28. The number of unbranched alkanes of at least 4 members (excludes halogenated alkanes) is 1. The van der Waals surface area contributed by atoms with Gasteiger partial charge in [-0.05, 0) is 30.7 Å². The van der Waals surface area contributed by atoms with Gasteiger partial charge < -0.3 is 15.4 Å². The number of rotatable bonds is 11. The van der Waals surface area contributed by atoms with E-state index in [1.165, 1.54) is 0 Å². The van der Waals surface area contributed by atoms with Crippen LogP contribution in [0.3, 0.4) is 0 Å². The van der Waals surface area contributed by atoms with E-state index < -0.39 is 23.8 Å². The highest BCUT2D eigenvalue weighted by Gasteiger charge is 2.28. The summed E-state index contributed by atoms with van der Waals surface area (Å²) in [7, 11) is 0. The predicted octanol–water partition coefficient (Wildman–Crippen LogP) is 4.15. The third-order valence-electron chi connectivity index (χ3n) is 4.88. The van der Waals surface area contributed by atoms with Gasteiger partial charge in [-0.25, -0.2) is 4.79 Å². The van der Waals surface area contributed by atoms with Crippen molar-refractivity contribution in [1.29, 1.82) is 0 Å². The molecule has 28 heavy (non-hydrogen) atoms. The van der Waals surface area contributed by atoms with E-state index in [4.69, 9.17) is 4.74 Å². The fourth-order valence-electron chi connectivity index (χ4n) is 2.48. The Morgan fingerprint density at radius 1 is 1.07 bits per heavy atom. The minimum absolute atomic E-state index is 0.136. The van der Waals surface area contributed by atoms with Crippen molar-refractivity contribution < 1.29 is 19.1 Å². The van der Waals surface area contributed by atoms with Crippen molar-refractivity contribution >= 4 is 17.8 Å². The molecule has 0 spiro atoms. The molecule has 0 bridgehead atoms. The second kappa shape index (κ2) is 11.5. The molecule has 0 radical (unpaired) electrons.